The number of carbonyl (C=O) groups is 1. The molecule has 0 spiro atoms. The molecule has 0 atom stereocenters. The van der Waals surface area contributed by atoms with Crippen LogP contribution in [-0.2, 0) is 13.0 Å². The number of halogens is 1. The predicted molar refractivity (Wildman–Crippen MR) is 85.9 cm³/mol. The maximum atomic E-state index is 12.5. The van der Waals surface area contributed by atoms with Gasteiger partial charge in [-0.3, -0.25) is 4.79 Å². The summed E-state index contributed by atoms with van der Waals surface area (Å²) >= 11 is 6.26. The molecule has 1 N–H and O–H groups in total. The van der Waals surface area contributed by atoms with Gasteiger partial charge in [-0.15, -0.1) is 0 Å². The van der Waals surface area contributed by atoms with E-state index in [0.717, 1.165) is 37.2 Å². The zero-order valence-corrected chi connectivity index (χ0v) is 13.3. The van der Waals surface area contributed by atoms with E-state index in [-0.39, 0.29) is 16.6 Å². The number of aryl methyl sites for hydroxylation is 2. The summed E-state index contributed by atoms with van der Waals surface area (Å²) < 4.78 is 3.56. The molecule has 1 aliphatic rings. The van der Waals surface area contributed by atoms with Crippen molar-refractivity contribution in [3.63, 3.8) is 0 Å². The maximum Gasteiger partial charge on any atom is 0.278 e. The lowest BCUT2D eigenvalue weighted by molar-refractivity contribution is 0.102. The van der Waals surface area contributed by atoms with E-state index in [2.05, 4.69) is 20.4 Å². The van der Waals surface area contributed by atoms with Crippen molar-refractivity contribution >= 4 is 29.0 Å². The average molecular weight is 331 g/mol. The van der Waals surface area contributed by atoms with Crippen LogP contribution in [0.25, 0.3) is 5.65 Å². The molecule has 0 aliphatic carbocycles. The fraction of sp³-hybridized carbons (Fsp3) is 0.333. The third-order valence-corrected chi connectivity index (χ3v) is 4.32. The van der Waals surface area contributed by atoms with Crippen LogP contribution >= 0.6 is 11.6 Å². The smallest absolute Gasteiger partial charge is 0.278 e. The second-order valence-corrected chi connectivity index (χ2v) is 6.06. The lowest BCUT2D eigenvalue weighted by Crippen LogP contribution is -2.18. The number of anilines is 1. The zero-order valence-electron chi connectivity index (χ0n) is 12.6. The Bertz CT molecular complexity index is 912. The molecule has 0 radical (unpaired) electrons. The molecule has 1 aliphatic heterocycles. The highest BCUT2D eigenvalue weighted by atomic mass is 35.5. The first kappa shape index (κ1) is 14.2. The quantitative estimate of drug-likeness (QED) is 0.783. The van der Waals surface area contributed by atoms with Gasteiger partial charge in [-0.25, -0.2) is 14.5 Å². The number of imidazole rings is 1. The van der Waals surface area contributed by atoms with Gasteiger partial charge in [0.25, 0.3) is 5.91 Å². The molecule has 4 heterocycles. The minimum atomic E-state index is -0.355. The minimum Gasteiger partial charge on any atom is -0.315 e. The Balaban J connectivity index is 1.67. The number of rotatable bonds is 2. The third-order valence-electron chi connectivity index (χ3n) is 3.97. The molecule has 0 unspecified atom stereocenters. The van der Waals surface area contributed by atoms with Crippen molar-refractivity contribution < 1.29 is 4.79 Å². The molecule has 1 amide bonds. The molecule has 118 valence electrons. The summed E-state index contributed by atoms with van der Waals surface area (Å²) in [6.07, 6.45) is 8.32. The summed E-state index contributed by atoms with van der Waals surface area (Å²) in [5, 5.41) is 7.35. The van der Waals surface area contributed by atoms with Gasteiger partial charge in [0, 0.05) is 25.4 Å². The summed E-state index contributed by atoms with van der Waals surface area (Å²) in [6.45, 7) is 2.77. The van der Waals surface area contributed by atoms with Crippen LogP contribution in [0.5, 0.6) is 0 Å². The molecular weight excluding hydrogens is 316 g/mol. The van der Waals surface area contributed by atoms with E-state index >= 15 is 0 Å². The predicted octanol–water partition coefficient (Wildman–Crippen LogP) is 2.48. The van der Waals surface area contributed by atoms with Gasteiger partial charge in [-0.2, -0.15) is 5.10 Å². The van der Waals surface area contributed by atoms with Gasteiger partial charge in [0.2, 0.25) is 0 Å². The monoisotopic (exact) mass is 330 g/mol. The second-order valence-electron chi connectivity index (χ2n) is 5.68. The van der Waals surface area contributed by atoms with Crippen molar-refractivity contribution in [2.24, 2.45) is 0 Å². The molecule has 7 nitrogen and oxygen atoms in total. The van der Waals surface area contributed by atoms with E-state index < -0.39 is 0 Å². The molecule has 4 rings (SSSR count). The third kappa shape index (κ3) is 2.37. The van der Waals surface area contributed by atoms with E-state index in [9.17, 15) is 4.79 Å². The van der Waals surface area contributed by atoms with Crippen LogP contribution in [-0.4, -0.2) is 30.1 Å². The number of carbonyl (C=O) groups excluding carboxylic acids is 1. The Kier molecular flexibility index (Phi) is 3.30. The normalized spacial score (nSPS) is 14.0. The highest BCUT2D eigenvalue weighted by molar-refractivity contribution is 6.37. The average Bonchev–Trinajstić information content (AvgIpc) is 3.09. The number of nitrogens with zero attached hydrogens (tertiary/aromatic N) is 5. The van der Waals surface area contributed by atoms with Gasteiger partial charge in [-0.05, 0) is 25.3 Å². The molecule has 0 aromatic carbocycles. The van der Waals surface area contributed by atoms with Crippen LogP contribution < -0.4 is 5.32 Å². The maximum absolute atomic E-state index is 12.5. The Morgan fingerprint density at radius 3 is 3.04 bits per heavy atom. The van der Waals surface area contributed by atoms with Gasteiger partial charge in [0.1, 0.15) is 16.7 Å². The summed E-state index contributed by atoms with van der Waals surface area (Å²) in [5.41, 5.74) is 1.57. The van der Waals surface area contributed by atoms with Crippen LogP contribution in [0.3, 0.4) is 0 Å². The van der Waals surface area contributed by atoms with Crippen molar-refractivity contribution in [2.45, 2.75) is 32.7 Å². The van der Waals surface area contributed by atoms with Crippen LogP contribution in [0.4, 0.5) is 5.82 Å². The Morgan fingerprint density at radius 2 is 2.17 bits per heavy atom. The minimum absolute atomic E-state index is 0.163. The molecule has 8 heteroatoms. The molecular formula is C15H15ClN6O. The number of fused-ring (bicyclic) bond motifs is 2. The second kappa shape index (κ2) is 5.34. The van der Waals surface area contributed by atoms with Crippen molar-refractivity contribution in [3.05, 3.63) is 40.7 Å². The summed E-state index contributed by atoms with van der Waals surface area (Å²) in [5.74, 6) is 1.33. The van der Waals surface area contributed by atoms with Crippen LogP contribution in [0.2, 0.25) is 5.02 Å². The fourth-order valence-corrected chi connectivity index (χ4v) is 3.10. The molecule has 0 saturated carbocycles. The Labute approximate surface area is 137 Å². The van der Waals surface area contributed by atoms with E-state index in [1.54, 1.807) is 18.6 Å². The zero-order chi connectivity index (χ0) is 16.0. The summed E-state index contributed by atoms with van der Waals surface area (Å²) in [6, 6.07) is 0. The Hall–Kier alpha value is -2.41. The van der Waals surface area contributed by atoms with Gasteiger partial charge in [-0.1, -0.05) is 11.6 Å². The lowest BCUT2D eigenvalue weighted by atomic mass is 10.2. The molecule has 23 heavy (non-hydrogen) atoms. The number of hydrogen-bond acceptors (Lipinski definition) is 4. The van der Waals surface area contributed by atoms with E-state index in [1.807, 2.05) is 11.5 Å². The van der Waals surface area contributed by atoms with E-state index in [1.165, 1.54) is 4.52 Å². The number of hydrogen-bond donors (Lipinski definition) is 1. The van der Waals surface area contributed by atoms with Crippen LogP contribution in [0.1, 0.15) is 34.7 Å². The number of aromatic nitrogens is 5. The first-order chi connectivity index (χ1) is 11.1. The van der Waals surface area contributed by atoms with E-state index in [4.69, 9.17) is 11.6 Å². The summed E-state index contributed by atoms with van der Waals surface area (Å²) in [7, 11) is 0. The van der Waals surface area contributed by atoms with Crippen molar-refractivity contribution in [2.75, 3.05) is 5.32 Å². The first-order valence-electron chi connectivity index (χ1n) is 7.50. The van der Waals surface area contributed by atoms with Gasteiger partial charge >= 0.3 is 0 Å². The molecule has 3 aromatic heterocycles. The van der Waals surface area contributed by atoms with E-state index in [0.29, 0.717) is 11.5 Å². The van der Waals surface area contributed by atoms with Gasteiger partial charge < -0.3 is 9.88 Å². The van der Waals surface area contributed by atoms with Crippen LogP contribution in [0, 0.1) is 6.92 Å². The van der Waals surface area contributed by atoms with Gasteiger partial charge in [0.05, 0.1) is 6.20 Å². The highest BCUT2D eigenvalue weighted by Gasteiger charge is 2.21. The standard InChI is InChI=1S/C15H15ClN6O/c1-9-6-18-14-12(16)13(20-22(14)8-9)15(23)19-11-7-17-10-4-2-3-5-21(10)11/h6-8H,2-5H2,1H3,(H,19,23). The SMILES string of the molecule is Cc1cnc2c(Cl)c(C(=O)Nc3cnc4n3CCCC4)nn2c1. The van der Waals surface area contributed by atoms with Crippen molar-refractivity contribution in [1.82, 2.24) is 24.1 Å². The fourth-order valence-electron chi connectivity index (χ4n) is 2.84. The van der Waals surface area contributed by atoms with Crippen molar-refractivity contribution in [1.29, 1.82) is 0 Å². The molecule has 0 saturated heterocycles. The van der Waals surface area contributed by atoms with Crippen LogP contribution in [0.15, 0.2) is 18.6 Å². The molecule has 0 fully saturated rings. The lowest BCUT2D eigenvalue weighted by Gasteiger charge is -2.16. The largest absolute Gasteiger partial charge is 0.315 e. The van der Waals surface area contributed by atoms with Crippen molar-refractivity contribution in [3.8, 4) is 0 Å². The highest BCUT2D eigenvalue weighted by Crippen LogP contribution is 2.23. The Morgan fingerprint density at radius 1 is 1.30 bits per heavy atom. The summed E-state index contributed by atoms with van der Waals surface area (Å²) in [4.78, 5) is 21.1. The van der Waals surface area contributed by atoms with Gasteiger partial charge in [0.15, 0.2) is 11.3 Å². The number of amides is 1. The molecule has 0 bridgehead atoms. The topological polar surface area (TPSA) is 77.1 Å². The number of nitrogens with one attached hydrogen (secondary N) is 1. The molecule has 3 aromatic rings. The first-order valence-corrected chi connectivity index (χ1v) is 7.87.